The Morgan fingerprint density at radius 1 is 1.16 bits per heavy atom. The van der Waals surface area contributed by atoms with Crippen LogP contribution in [0.3, 0.4) is 0 Å². The van der Waals surface area contributed by atoms with E-state index in [4.69, 9.17) is 4.74 Å². The average molecular weight is 419 g/mol. The van der Waals surface area contributed by atoms with E-state index in [0.29, 0.717) is 5.75 Å². The summed E-state index contributed by atoms with van der Waals surface area (Å²) in [6.07, 6.45) is 4.46. The summed E-state index contributed by atoms with van der Waals surface area (Å²) < 4.78 is 7.39. The number of carbonyl (C=O) groups is 1. The van der Waals surface area contributed by atoms with Gasteiger partial charge in [0.05, 0.1) is 6.04 Å². The molecule has 4 rings (SSSR count). The maximum Gasteiger partial charge on any atom is 0.260 e. The quantitative estimate of drug-likeness (QED) is 0.692. The normalized spacial score (nSPS) is 17.6. The minimum Gasteiger partial charge on any atom is -0.484 e. The molecule has 0 bridgehead atoms. The number of aromatic nitrogens is 1. The van der Waals surface area contributed by atoms with Crippen molar-refractivity contribution in [3.05, 3.63) is 63.6 Å². The molecule has 162 valence electrons. The first-order chi connectivity index (χ1) is 14.8. The topological polar surface area (TPSA) is 51.5 Å². The highest BCUT2D eigenvalue weighted by Crippen LogP contribution is 2.44. The van der Waals surface area contributed by atoms with Crippen molar-refractivity contribution in [2.24, 2.45) is 5.41 Å². The third-order valence-electron chi connectivity index (χ3n) is 6.34. The van der Waals surface area contributed by atoms with E-state index in [1.807, 2.05) is 49.1 Å². The fraction of sp³-hybridized carbons (Fsp3) is 0.462. The lowest BCUT2D eigenvalue weighted by Gasteiger charge is -2.20. The van der Waals surface area contributed by atoms with Gasteiger partial charge in [-0.05, 0) is 70.2 Å². The lowest BCUT2D eigenvalue weighted by Crippen LogP contribution is -2.32. The number of hydrogen-bond donors (Lipinski definition) is 0. The van der Waals surface area contributed by atoms with Gasteiger partial charge in [0, 0.05) is 35.8 Å². The van der Waals surface area contributed by atoms with Crippen LogP contribution in [0.2, 0.25) is 0 Å². The number of aryl methyl sites for hydroxylation is 1. The van der Waals surface area contributed by atoms with Crippen molar-refractivity contribution in [2.75, 3.05) is 19.7 Å². The van der Waals surface area contributed by atoms with E-state index in [2.05, 4.69) is 18.8 Å². The second-order valence-electron chi connectivity index (χ2n) is 9.03. The number of hydrogen-bond acceptors (Lipinski definition) is 3. The SMILES string of the molecule is Cc1cc(OCC(=O)N2CCCC2)cc(=O)n1[C@H](C)c1ccc(C#CC2(C)CC2)cc1. The lowest BCUT2D eigenvalue weighted by atomic mass is 10.0. The number of rotatable bonds is 5. The van der Waals surface area contributed by atoms with Gasteiger partial charge in [-0.1, -0.05) is 24.0 Å². The number of pyridine rings is 1. The van der Waals surface area contributed by atoms with Gasteiger partial charge in [-0.3, -0.25) is 9.59 Å². The van der Waals surface area contributed by atoms with Crippen molar-refractivity contribution < 1.29 is 9.53 Å². The van der Waals surface area contributed by atoms with Gasteiger partial charge in [-0.2, -0.15) is 0 Å². The standard InChI is InChI=1S/C26H30N2O3/c1-19-16-23(31-18-25(30)27-14-4-5-15-27)17-24(29)28(19)20(2)22-8-6-21(7-9-22)10-11-26(3)12-13-26/h6-9,16-17,20H,4-5,12-15,18H2,1-3H3/t20-/m1/s1. The Hall–Kier alpha value is -3.00. The van der Waals surface area contributed by atoms with E-state index in [9.17, 15) is 9.59 Å². The van der Waals surface area contributed by atoms with Crippen LogP contribution in [0.15, 0.2) is 41.2 Å². The molecule has 2 fully saturated rings. The van der Waals surface area contributed by atoms with Crippen molar-refractivity contribution in [3.8, 4) is 17.6 Å². The monoisotopic (exact) mass is 418 g/mol. The number of nitrogens with zero attached hydrogens (tertiary/aromatic N) is 2. The van der Waals surface area contributed by atoms with Crippen LogP contribution in [0.4, 0.5) is 0 Å². The summed E-state index contributed by atoms with van der Waals surface area (Å²) in [5.41, 5.74) is 2.92. The molecule has 0 spiro atoms. The van der Waals surface area contributed by atoms with Crippen molar-refractivity contribution >= 4 is 5.91 Å². The molecule has 0 N–H and O–H groups in total. The van der Waals surface area contributed by atoms with Crippen molar-refractivity contribution in [1.82, 2.24) is 9.47 Å². The number of amides is 1. The van der Waals surface area contributed by atoms with Gasteiger partial charge in [-0.25, -0.2) is 0 Å². The summed E-state index contributed by atoms with van der Waals surface area (Å²) in [5.74, 6) is 7.03. The van der Waals surface area contributed by atoms with Crippen molar-refractivity contribution in [1.29, 1.82) is 0 Å². The molecule has 0 radical (unpaired) electrons. The molecule has 2 aliphatic rings. The van der Waals surface area contributed by atoms with Crippen LogP contribution in [-0.2, 0) is 4.79 Å². The van der Waals surface area contributed by atoms with Gasteiger partial charge in [0.2, 0.25) is 0 Å². The molecule has 2 heterocycles. The molecule has 1 aliphatic carbocycles. The Labute approximate surface area is 184 Å². The van der Waals surface area contributed by atoms with Gasteiger partial charge in [0.15, 0.2) is 6.61 Å². The number of carbonyl (C=O) groups excluding carboxylic acids is 1. The highest BCUT2D eigenvalue weighted by Gasteiger charge is 2.35. The van der Waals surface area contributed by atoms with Crippen LogP contribution in [0.5, 0.6) is 5.75 Å². The van der Waals surface area contributed by atoms with Crippen LogP contribution >= 0.6 is 0 Å². The first-order valence-corrected chi connectivity index (χ1v) is 11.1. The average Bonchev–Trinajstić information content (AvgIpc) is 3.24. The smallest absolute Gasteiger partial charge is 0.260 e. The third kappa shape index (κ3) is 5.02. The zero-order valence-corrected chi connectivity index (χ0v) is 18.6. The second-order valence-corrected chi connectivity index (χ2v) is 9.03. The summed E-state index contributed by atoms with van der Waals surface area (Å²) in [5, 5.41) is 0. The molecule has 1 saturated heterocycles. The molecule has 1 atom stereocenters. The van der Waals surface area contributed by atoms with E-state index >= 15 is 0 Å². The van der Waals surface area contributed by atoms with Crippen LogP contribution in [0.25, 0.3) is 0 Å². The Bertz CT molecular complexity index is 1080. The van der Waals surface area contributed by atoms with Crippen LogP contribution in [0.1, 0.15) is 62.4 Å². The van der Waals surface area contributed by atoms with E-state index in [1.54, 1.807) is 4.57 Å². The van der Waals surface area contributed by atoms with E-state index in [1.165, 1.54) is 18.9 Å². The van der Waals surface area contributed by atoms with Gasteiger partial charge >= 0.3 is 0 Å². The van der Waals surface area contributed by atoms with E-state index in [-0.39, 0.29) is 29.5 Å². The molecular formula is C26H30N2O3. The molecular weight excluding hydrogens is 388 g/mol. The van der Waals surface area contributed by atoms with Crippen LogP contribution < -0.4 is 10.3 Å². The largest absolute Gasteiger partial charge is 0.484 e. The lowest BCUT2D eigenvalue weighted by molar-refractivity contribution is -0.132. The molecule has 5 heteroatoms. The number of ether oxygens (including phenoxy) is 1. The first-order valence-electron chi connectivity index (χ1n) is 11.1. The molecule has 1 aromatic carbocycles. The molecule has 1 amide bonds. The van der Waals surface area contributed by atoms with Gasteiger partial charge in [0.25, 0.3) is 11.5 Å². The molecule has 5 nitrogen and oxygen atoms in total. The minimum absolute atomic E-state index is 0.0217. The summed E-state index contributed by atoms with van der Waals surface area (Å²) in [7, 11) is 0. The summed E-state index contributed by atoms with van der Waals surface area (Å²) >= 11 is 0. The summed E-state index contributed by atoms with van der Waals surface area (Å²) in [6.45, 7) is 7.66. The van der Waals surface area contributed by atoms with Crippen molar-refractivity contribution in [3.63, 3.8) is 0 Å². The van der Waals surface area contributed by atoms with Crippen LogP contribution in [-0.4, -0.2) is 35.1 Å². The predicted molar refractivity (Wildman–Crippen MR) is 121 cm³/mol. The Kier molecular flexibility index (Phi) is 5.91. The van der Waals surface area contributed by atoms with Crippen molar-refractivity contribution in [2.45, 2.75) is 52.5 Å². The predicted octanol–water partition coefficient (Wildman–Crippen LogP) is 3.92. The fourth-order valence-electron chi connectivity index (χ4n) is 3.99. The summed E-state index contributed by atoms with van der Waals surface area (Å²) in [4.78, 5) is 26.8. The highest BCUT2D eigenvalue weighted by molar-refractivity contribution is 5.78. The molecule has 0 unspecified atom stereocenters. The van der Waals surface area contributed by atoms with E-state index in [0.717, 1.165) is 42.8 Å². The van der Waals surface area contributed by atoms with E-state index < -0.39 is 0 Å². The molecule has 31 heavy (non-hydrogen) atoms. The maximum atomic E-state index is 12.8. The zero-order chi connectivity index (χ0) is 22.0. The molecule has 2 aromatic rings. The van der Waals surface area contributed by atoms with Gasteiger partial charge in [-0.15, -0.1) is 0 Å². The fourth-order valence-corrected chi connectivity index (χ4v) is 3.99. The molecule has 1 saturated carbocycles. The summed E-state index contributed by atoms with van der Waals surface area (Å²) in [6, 6.07) is 11.3. The molecule has 1 aromatic heterocycles. The number of likely N-dealkylation sites (tertiary alicyclic amines) is 1. The Morgan fingerprint density at radius 2 is 1.84 bits per heavy atom. The Morgan fingerprint density at radius 3 is 2.45 bits per heavy atom. The van der Waals surface area contributed by atoms with Crippen LogP contribution in [0, 0.1) is 24.2 Å². The number of benzene rings is 1. The maximum absolute atomic E-state index is 12.8. The molecule has 1 aliphatic heterocycles. The zero-order valence-electron chi connectivity index (χ0n) is 18.6. The second kappa shape index (κ2) is 8.63. The van der Waals surface area contributed by atoms with Gasteiger partial charge < -0.3 is 14.2 Å². The highest BCUT2D eigenvalue weighted by atomic mass is 16.5. The minimum atomic E-state index is -0.137. The van der Waals surface area contributed by atoms with Gasteiger partial charge in [0.1, 0.15) is 5.75 Å². The third-order valence-corrected chi connectivity index (χ3v) is 6.34. The Balaban J connectivity index is 1.45. The first kappa shape index (κ1) is 21.2.